The molecule has 0 aromatic carbocycles. The van der Waals surface area contributed by atoms with E-state index in [1.54, 1.807) is 16.0 Å². The van der Waals surface area contributed by atoms with Gasteiger partial charge < -0.3 is 5.73 Å². The summed E-state index contributed by atoms with van der Waals surface area (Å²) in [7, 11) is 0. The van der Waals surface area contributed by atoms with Gasteiger partial charge in [-0.15, -0.1) is 16.4 Å². The molecule has 2 aromatic rings. The van der Waals surface area contributed by atoms with Gasteiger partial charge in [0.25, 0.3) is 0 Å². The Labute approximate surface area is 105 Å². The van der Waals surface area contributed by atoms with E-state index in [-0.39, 0.29) is 6.04 Å². The quantitative estimate of drug-likeness (QED) is 0.881. The van der Waals surface area contributed by atoms with Gasteiger partial charge in [0, 0.05) is 11.1 Å². The minimum Gasteiger partial charge on any atom is -0.323 e. The van der Waals surface area contributed by atoms with Crippen molar-refractivity contribution in [1.29, 1.82) is 0 Å². The molecule has 0 amide bonds. The van der Waals surface area contributed by atoms with Crippen LogP contribution in [0.4, 0.5) is 0 Å². The Balaban J connectivity index is 2.03. The zero-order chi connectivity index (χ0) is 12.3. The molecule has 2 aromatic heterocycles. The predicted octanol–water partition coefficient (Wildman–Crippen LogP) is 1.89. The molecule has 2 N–H and O–H groups in total. The third-order valence-corrected chi connectivity index (χ3v) is 3.45. The number of rotatable bonds is 5. The van der Waals surface area contributed by atoms with E-state index >= 15 is 0 Å². The highest BCUT2D eigenvalue weighted by atomic mass is 32.1. The molecule has 0 saturated heterocycles. The highest BCUT2D eigenvalue weighted by Gasteiger charge is 2.10. The Morgan fingerprint density at radius 3 is 3.00 bits per heavy atom. The number of nitrogens with two attached hydrogens (primary N) is 1. The number of aromatic nitrogens is 4. The summed E-state index contributed by atoms with van der Waals surface area (Å²) in [6.45, 7) is 4.77. The van der Waals surface area contributed by atoms with E-state index in [2.05, 4.69) is 22.2 Å². The van der Waals surface area contributed by atoms with Crippen LogP contribution in [0.3, 0.4) is 0 Å². The number of aryl methyl sites for hydroxylation is 1. The molecular weight excluding hydrogens is 234 g/mol. The van der Waals surface area contributed by atoms with Crippen LogP contribution in [0.2, 0.25) is 0 Å². The Bertz CT molecular complexity index is 476. The molecule has 6 heteroatoms. The molecule has 0 spiro atoms. The fourth-order valence-electron chi connectivity index (χ4n) is 1.63. The number of hydrogen-bond donors (Lipinski definition) is 1. The molecule has 0 aliphatic carbocycles. The molecule has 5 nitrogen and oxygen atoms in total. The molecule has 0 bridgehead atoms. The summed E-state index contributed by atoms with van der Waals surface area (Å²) in [6, 6.07) is -0.00761. The number of nitrogens with zero attached hydrogens (tertiary/aromatic N) is 4. The predicted molar refractivity (Wildman–Crippen MR) is 67.8 cm³/mol. The van der Waals surface area contributed by atoms with E-state index in [0.717, 1.165) is 29.2 Å². The molecule has 92 valence electrons. The van der Waals surface area contributed by atoms with Gasteiger partial charge in [0.15, 0.2) is 0 Å². The van der Waals surface area contributed by atoms with Gasteiger partial charge in [-0.2, -0.15) is 0 Å². The van der Waals surface area contributed by atoms with Crippen molar-refractivity contribution in [2.75, 3.05) is 0 Å². The van der Waals surface area contributed by atoms with E-state index in [1.807, 2.05) is 18.5 Å². The molecule has 2 rings (SSSR count). The van der Waals surface area contributed by atoms with Crippen LogP contribution in [0, 0.1) is 6.92 Å². The summed E-state index contributed by atoms with van der Waals surface area (Å²) in [6.07, 6.45) is 3.91. The van der Waals surface area contributed by atoms with E-state index in [1.165, 1.54) is 0 Å². The van der Waals surface area contributed by atoms with Gasteiger partial charge in [-0.05, 0) is 13.3 Å². The zero-order valence-corrected chi connectivity index (χ0v) is 10.9. The monoisotopic (exact) mass is 251 g/mol. The van der Waals surface area contributed by atoms with Crippen LogP contribution in [0.1, 0.15) is 42.2 Å². The first-order valence-electron chi connectivity index (χ1n) is 5.75. The number of hydrogen-bond acceptors (Lipinski definition) is 5. The number of thiazole rings is 1. The molecule has 0 fully saturated rings. The van der Waals surface area contributed by atoms with Crippen LogP contribution in [0.25, 0.3) is 0 Å². The first kappa shape index (κ1) is 12.2. The standard InChI is InChI=1S/C11H17N5S/c1-3-4-9(12)10-5-16(15-14-10)6-11-13-8(2)7-17-11/h5,7,9H,3-4,6,12H2,1-2H3. The van der Waals surface area contributed by atoms with Gasteiger partial charge in [0.05, 0.1) is 24.5 Å². The SMILES string of the molecule is CCCC(N)c1cn(Cc2nc(C)cs2)nn1. The van der Waals surface area contributed by atoms with Gasteiger partial charge >= 0.3 is 0 Å². The molecule has 17 heavy (non-hydrogen) atoms. The van der Waals surface area contributed by atoms with Gasteiger partial charge in [-0.3, -0.25) is 0 Å². The van der Waals surface area contributed by atoms with Crippen molar-refractivity contribution in [3.8, 4) is 0 Å². The van der Waals surface area contributed by atoms with Crippen molar-refractivity contribution < 1.29 is 0 Å². The summed E-state index contributed by atoms with van der Waals surface area (Å²) < 4.78 is 1.79. The summed E-state index contributed by atoms with van der Waals surface area (Å²) in [5.41, 5.74) is 7.90. The lowest BCUT2D eigenvalue weighted by molar-refractivity contribution is 0.617. The van der Waals surface area contributed by atoms with E-state index < -0.39 is 0 Å². The van der Waals surface area contributed by atoms with Gasteiger partial charge in [-0.1, -0.05) is 18.6 Å². The Kier molecular flexibility index (Phi) is 3.86. The minimum atomic E-state index is -0.00761. The maximum Gasteiger partial charge on any atom is 0.114 e. The van der Waals surface area contributed by atoms with Crippen molar-refractivity contribution in [1.82, 2.24) is 20.0 Å². The van der Waals surface area contributed by atoms with Crippen LogP contribution < -0.4 is 5.73 Å². The molecule has 1 atom stereocenters. The summed E-state index contributed by atoms with van der Waals surface area (Å²) in [4.78, 5) is 4.40. The van der Waals surface area contributed by atoms with Crippen LogP contribution in [0.5, 0.6) is 0 Å². The molecule has 0 radical (unpaired) electrons. The second-order valence-electron chi connectivity index (χ2n) is 4.12. The Morgan fingerprint density at radius 2 is 2.35 bits per heavy atom. The molecule has 1 unspecified atom stereocenters. The molecule has 2 heterocycles. The lowest BCUT2D eigenvalue weighted by Gasteiger charge is -2.04. The highest BCUT2D eigenvalue weighted by molar-refractivity contribution is 7.09. The first-order valence-corrected chi connectivity index (χ1v) is 6.63. The summed E-state index contributed by atoms with van der Waals surface area (Å²) >= 11 is 1.64. The Morgan fingerprint density at radius 1 is 1.53 bits per heavy atom. The summed E-state index contributed by atoms with van der Waals surface area (Å²) in [5, 5.41) is 11.3. The fraction of sp³-hybridized carbons (Fsp3) is 0.545. The van der Waals surface area contributed by atoms with Crippen molar-refractivity contribution in [3.05, 3.63) is 28.0 Å². The fourth-order valence-corrected chi connectivity index (χ4v) is 2.40. The van der Waals surface area contributed by atoms with Crippen molar-refractivity contribution in [2.45, 2.75) is 39.3 Å². The van der Waals surface area contributed by atoms with Crippen LogP contribution >= 0.6 is 11.3 Å². The van der Waals surface area contributed by atoms with Crippen molar-refractivity contribution in [2.24, 2.45) is 5.73 Å². The molecule has 0 aliphatic rings. The topological polar surface area (TPSA) is 69.6 Å². The molecule has 0 saturated carbocycles. The van der Waals surface area contributed by atoms with Crippen molar-refractivity contribution >= 4 is 11.3 Å². The zero-order valence-electron chi connectivity index (χ0n) is 10.1. The minimum absolute atomic E-state index is 0.00761. The maximum absolute atomic E-state index is 5.99. The average Bonchev–Trinajstić information content (AvgIpc) is 2.89. The van der Waals surface area contributed by atoms with Crippen molar-refractivity contribution in [3.63, 3.8) is 0 Å². The maximum atomic E-state index is 5.99. The van der Waals surface area contributed by atoms with Crippen LogP contribution in [0.15, 0.2) is 11.6 Å². The first-order chi connectivity index (χ1) is 8.19. The van der Waals surface area contributed by atoms with E-state index in [0.29, 0.717) is 6.54 Å². The average molecular weight is 251 g/mol. The van der Waals surface area contributed by atoms with Crippen LogP contribution in [-0.2, 0) is 6.54 Å². The second kappa shape index (κ2) is 5.37. The Hall–Kier alpha value is -1.27. The highest BCUT2D eigenvalue weighted by Crippen LogP contribution is 2.14. The van der Waals surface area contributed by atoms with Crippen LogP contribution in [-0.4, -0.2) is 20.0 Å². The van der Waals surface area contributed by atoms with Gasteiger partial charge in [0.2, 0.25) is 0 Å². The largest absolute Gasteiger partial charge is 0.323 e. The third kappa shape index (κ3) is 3.10. The third-order valence-electron chi connectivity index (χ3n) is 2.50. The molecular formula is C11H17N5S. The van der Waals surface area contributed by atoms with Gasteiger partial charge in [0.1, 0.15) is 5.01 Å². The van der Waals surface area contributed by atoms with Gasteiger partial charge in [-0.25, -0.2) is 9.67 Å². The smallest absolute Gasteiger partial charge is 0.114 e. The normalized spacial score (nSPS) is 12.9. The lowest BCUT2D eigenvalue weighted by atomic mass is 10.1. The summed E-state index contributed by atoms with van der Waals surface area (Å²) in [5.74, 6) is 0. The lowest BCUT2D eigenvalue weighted by Crippen LogP contribution is -2.10. The molecule has 0 aliphatic heterocycles. The van der Waals surface area contributed by atoms with E-state index in [9.17, 15) is 0 Å². The second-order valence-corrected chi connectivity index (χ2v) is 5.06. The van der Waals surface area contributed by atoms with E-state index in [4.69, 9.17) is 5.73 Å².